The van der Waals surface area contributed by atoms with Gasteiger partial charge in [-0.25, -0.2) is 8.42 Å². The van der Waals surface area contributed by atoms with Gasteiger partial charge in [-0.3, -0.25) is 10.1 Å². The minimum absolute atomic E-state index is 0.0503. The summed E-state index contributed by atoms with van der Waals surface area (Å²) in [5, 5.41) is 9.95. The second-order valence-corrected chi connectivity index (χ2v) is 6.73. The number of nitro benzene ring substituents is 1. The summed E-state index contributed by atoms with van der Waals surface area (Å²) in [5.41, 5.74) is 0.512. The van der Waals surface area contributed by atoms with Crippen LogP contribution in [0.4, 0.5) is 5.69 Å². The van der Waals surface area contributed by atoms with E-state index in [1.54, 1.807) is 37.3 Å². The van der Waals surface area contributed by atoms with Crippen LogP contribution < -0.4 is 0 Å². The van der Waals surface area contributed by atoms with E-state index in [9.17, 15) is 18.5 Å². The van der Waals surface area contributed by atoms with E-state index in [1.165, 1.54) is 24.3 Å². The molecule has 0 bridgehead atoms. The molecule has 0 aliphatic rings. The number of nitrogens with zero attached hydrogens (tertiary/aromatic N) is 1. The molecular formula is C15H15NO4S. The van der Waals surface area contributed by atoms with Crippen LogP contribution in [0.5, 0.6) is 0 Å². The van der Waals surface area contributed by atoms with Crippen molar-refractivity contribution < 1.29 is 13.3 Å². The van der Waals surface area contributed by atoms with Gasteiger partial charge in [0.2, 0.25) is 0 Å². The lowest BCUT2D eigenvalue weighted by molar-refractivity contribution is -0.384. The average molecular weight is 305 g/mol. The fourth-order valence-electron chi connectivity index (χ4n) is 2.22. The second-order valence-electron chi connectivity index (χ2n) is 4.60. The molecule has 0 fully saturated rings. The van der Waals surface area contributed by atoms with Crippen LogP contribution in [-0.2, 0) is 9.84 Å². The number of benzene rings is 2. The quantitative estimate of drug-likeness (QED) is 0.625. The lowest BCUT2D eigenvalue weighted by Crippen LogP contribution is -2.13. The predicted molar refractivity (Wildman–Crippen MR) is 79.8 cm³/mol. The Kier molecular flexibility index (Phi) is 4.37. The van der Waals surface area contributed by atoms with Gasteiger partial charge in [0, 0.05) is 12.1 Å². The Morgan fingerprint density at radius 3 is 2.10 bits per heavy atom. The Hall–Kier alpha value is -2.21. The minimum atomic E-state index is -3.51. The lowest BCUT2D eigenvalue weighted by Gasteiger charge is -2.16. The molecule has 0 amide bonds. The minimum Gasteiger partial charge on any atom is -0.258 e. The van der Waals surface area contributed by atoms with Crippen molar-refractivity contribution in [1.82, 2.24) is 0 Å². The summed E-state index contributed by atoms with van der Waals surface area (Å²) >= 11 is 0. The molecule has 0 saturated carbocycles. The fourth-order valence-corrected chi connectivity index (χ4v) is 4.04. The van der Waals surface area contributed by atoms with Gasteiger partial charge in [0.15, 0.2) is 9.84 Å². The van der Waals surface area contributed by atoms with Crippen molar-refractivity contribution in [2.45, 2.75) is 23.5 Å². The number of nitro groups is 1. The smallest absolute Gasteiger partial charge is 0.258 e. The Balaban J connectivity index is 2.42. The molecular weight excluding hydrogens is 290 g/mol. The molecule has 110 valence electrons. The first-order valence-corrected chi connectivity index (χ1v) is 8.04. The van der Waals surface area contributed by atoms with Gasteiger partial charge in [0.05, 0.1) is 15.1 Å². The third-order valence-electron chi connectivity index (χ3n) is 3.29. The summed E-state index contributed by atoms with van der Waals surface area (Å²) in [6, 6.07) is 13.9. The summed E-state index contributed by atoms with van der Waals surface area (Å²) in [5.74, 6) is 0. The lowest BCUT2D eigenvalue weighted by atomic mass is 10.1. The molecule has 6 heteroatoms. The monoisotopic (exact) mass is 305 g/mol. The molecule has 2 aromatic rings. The molecule has 2 rings (SSSR count). The highest BCUT2D eigenvalue weighted by Crippen LogP contribution is 2.32. The van der Waals surface area contributed by atoms with E-state index < -0.39 is 20.0 Å². The Morgan fingerprint density at radius 2 is 1.62 bits per heavy atom. The van der Waals surface area contributed by atoms with E-state index in [2.05, 4.69) is 0 Å². The molecule has 1 unspecified atom stereocenters. The summed E-state index contributed by atoms with van der Waals surface area (Å²) in [4.78, 5) is 10.4. The Bertz CT molecular complexity index is 724. The van der Waals surface area contributed by atoms with Crippen LogP contribution in [0.2, 0.25) is 0 Å². The van der Waals surface area contributed by atoms with Crippen LogP contribution in [-0.4, -0.2) is 13.3 Å². The van der Waals surface area contributed by atoms with E-state index in [0.29, 0.717) is 12.0 Å². The number of hydrogen-bond acceptors (Lipinski definition) is 4. The van der Waals surface area contributed by atoms with E-state index in [1.807, 2.05) is 0 Å². The average Bonchev–Trinajstić information content (AvgIpc) is 2.49. The highest BCUT2D eigenvalue weighted by Gasteiger charge is 2.27. The van der Waals surface area contributed by atoms with Crippen molar-refractivity contribution in [3.63, 3.8) is 0 Å². The van der Waals surface area contributed by atoms with Gasteiger partial charge < -0.3 is 0 Å². The highest BCUT2D eigenvalue weighted by atomic mass is 32.2. The van der Waals surface area contributed by atoms with E-state index in [-0.39, 0.29) is 10.6 Å². The zero-order valence-corrected chi connectivity index (χ0v) is 12.3. The third kappa shape index (κ3) is 3.11. The van der Waals surface area contributed by atoms with E-state index >= 15 is 0 Å². The van der Waals surface area contributed by atoms with Crippen molar-refractivity contribution in [2.75, 3.05) is 0 Å². The maximum absolute atomic E-state index is 12.6. The number of sulfone groups is 1. The van der Waals surface area contributed by atoms with Crippen LogP contribution in [0, 0.1) is 10.1 Å². The molecule has 0 heterocycles. The van der Waals surface area contributed by atoms with Gasteiger partial charge >= 0.3 is 0 Å². The summed E-state index contributed by atoms with van der Waals surface area (Å²) < 4.78 is 25.3. The van der Waals surface area contributed by atoms with Gasteiger partial charge in [-0.2, -0.15) is 0 Å². The second kappa shape index (κ2) is 6.05. The zero-order chi connectivity index (χ0) is 15.5. The molecule has 0 aromatic heterocycles. The number of hydrogen-bond donors (Lipinski definition) is 0. The van der Waals surface area contributed by atoms with Crippen LogP contribution in [0.3, 0.4) is 0 Å². The SMILES string of the molecule is CCC(c1ccc([N+](=O)[O-])cc1)S(=O)(=O)c1ccccc1. The summed E-state index contributed by atoms with van der Waals surface area (Å²) in [7, 11) is -3.51. The molecule has 2 aromatic carbocycles. The molecule has 0 aliphatic carbocycles. The Labute approximate surface area is 123 Å². The van der Waals surface area contributed by atoms with Crippen molar-refractivity contribution in [1.29, 1.82) is 0 Å². The zero-order valence-electron chi connectivity index (χ0n) is 11.5. The van der Waals surface area contributed by atoms with Gasteiger partial charge in [0.1, 0.15) is 0 Å². The standard InChI is InChI=1S/C15H15NO4S/c1-2-15(12-8-10-13(11-9-12)16(17)18)21(19,20)14-6-4-3-5-7-14/h3-11,15H,2H2,1H3. The van der Waals surface area contributed by atoms with Gasteiger partial charge in [-0.15, -0.1) is 0 Å². The summed E-state index contributed by atoms with van der Waals surface area (Å²) in [6.45, 7) is 1.78. The first-order chi connectivity index (χ1) is 9.96. The molecule has 1 atom stereocenters. The van der Waals surface area contributed by atoms with Gasteiger partial charge in [0.25, 0.3) is 5.69 Å². The Morgan fingerprint density at radius 1 is 1.05 bits per heavy atom. The normalized spacial score (nSPS) is 12.8. The maximum atomic E-state index is 12.6. The molecule has 0 aliphatic heterocycles. The number of non-ortho nitro benzene ring substituents is 1. The van der Waals surface area contributed by atoms with E-state index in [0.717, 1.165) is 0 Å². The topological polar surface area (TPSA) is 77.3 Å². The first-order valence-electron chi connectivity index (χ1n) is 6.50. The highest BCUT2D eigenvalue weighted by molar-refractivity contribution is 7.91. The van der Waals surface area contributed by atoms with Crippen molar-refractivity contribution in [2.24, 2.45) is 0 Å². The van der Waals surface area contributed by atoms with E-state index in [4.69, 9.17) is 0 Å². The van der Waals surface area contributed by atoms with Crippen molar-refractivity contribution >= 4 is 15.5 Å². The van der Waals surface area contributed by atoms with Gasteiger partial charge in [-0.1, -0.05) is 37.3 Å². The van der Waals surface area contributed by atoms with Gasteiger partial charge in [-0.05, 0) is 24.1 Å². The number of rotatable bonds is 5. The van der Waals surface area contributed by atoms with Crippen molar-refractivity contribution in [3.05, 3.63) is 70.3 Å². The first kappa shape index (κ1) is 15.2. The van der Waals surface area contributed by atoms with Crippen LogP contribution in [0.15, 0.2) is 59.5 Å². The van der Waals surface area contributed by atoms with Crippen LogP contribution >= 0.6 is 0 Å². The van der Waals surface area contributed by atoms with Crippen LogP contribution in [0.25, 0.3) is 0 Å². The van der Waals surface area contributed by atoms with Crippen LogP contribution in [0.1, 0.15) is 24.2 Å². The summed E-state index contributed by atoms with van der Waals surface area (Å²) in [6.07, 6.45) is 0.398. The molecule has 0 spiro atoms. The molecule has 21 heavy (non-hydrogen) atoms. The fraction of sp³-hybridized carbons (Fsp3) is 0.200. The maximum Gasteiger partial charge on any atom is 0.269 e. The molecule has 0 N–H and O–H groups in total. The third-order valence-corrected chi connectivity index (χ3v) is 5.58. The largest absolute Gasteiger partial charge is 0.269 e. The molecule has 5 nitrogen and oxygen atoms in total. The molecule has 0 radical (unpaired) electrons. The predicted octanol–water partition coefficient (Wildman–Crippen LogP) is 3.52. The van der Waals surface area contributed by atoms with Crippen molar-refractivity contribution in [3.8, 4) is 0 Å². The molecule has 0 saturated heterocycles.